The normalized spacial score (nSPS) is 16.0. The lowest BCUT2D eigenvalue weighted by atomic mass is 10.1. The van der Waals surface area contributed by atoms with Gasteiger partial charge in [-0.2, -0.15) is 0 Å². The molecule has 3 aromatic rings. The Morgan fingerprint density at radius 1 is 0.892 bits per heavy atom. The number of amides is 2. The van der Waals surface area contributed by atoms with Crippen LogP contribution >= 0.6 is 11.8 Å². The monoisotopic (exact) mass is 520 g/mol. The molecule has 1 atom stereocenters. The topological polar surface area (TPSA) is 86.3 Å². The zero-order valence-corrected chi connectivity index (χ0v) is 22.0. The third kappa shape index (κ3) is 5.36. The van der Waals surface area contributed by atoms with E-state index in [0.717, 1.165) is 11.1 Å². The van der Waals surface area contributed by atoms with E-state index in [-0.39, 0.29) is 17.2 Å². The van der Waals surface area contributed by atoms with Gasteiger partial charge in [-0.3, -0.25) is 14.5 Å². The summed E-state index contributed by atoms with van der Waals surface area (Å²) in [6.45, 7) is 1.44. The molecule has 0 bridgehead atoms. The van der Waals surface area contributed by atoms with E-state index in [1.165, 1.54) is 18.7 Å². The summed E-state index contributed by atoms with van der Waals surface area (Å²) >= 11 is 1.43. The summed E-state index contributed by atoms with van der Waals surface area (Å²) in [5.74, 6) is 1.56. The van der Waals surface area contributed by atoms with E-state index in [9.17, 15) is 9.59 Å². The first-order valence-electron chi connectivity index (χ1n) is 11.4. The largest absolute Gasteiger partial charge is 0.495 e. The molecule has 2 amide bonds. The Morgan fingerprint density at radius 3 is 2.11 bits per heavy atom. The third-order valence-electron chi connectivity index (χ3n) is 5.73. The van der Waals surface area contributed by atoms with Crippen LogP contribution < -0.4 is 29.2 Å². The third-order valence-corrected chi connectivity index (χ3v) is 6.98. The molecule has 0 radical (unpaired) electrons. The molecule has 1 fully saturated rings. The molecule has 8 nitrogen and oxygen atoms in total. The summed E-state index contributed by atoms with van der Waals surface area (Å²) in [5.41, 5.74) is 2.78. The minimum Gasteiger partial charge on any atom is -0.495 e. The average molecular weight is 521 g/mol. The number of carbonyl (C=O) groups excluding carboxylic acids is 2. The van der Waals surface area contributed by atoms with E-state index in [1.807, 2.05) is 30.3 Å². The Kier molecular flexibility index (Phi) is 7.93. The fourth-order valence-corrected chi connectivity index (χ4v) is 5.36. The first kappa shape index (κ1) is 26.0. The van der Waals surface area contributed by atoms with Gasteiger partial charge in [-0.05, 0) is 47.5 Å². The minimum atomic E-state index is -0.358. The van der Waals surface area contributed by atoms with Crippen molar-refractivity contribution in [3.63, 3.8) is 0 Å². The van der Waals surface area contributed by atoms with Crippen molar-refractivity contribution in [2.45, 2.75) is 12.3 Å². The van der Waals surface area contributed by atoms with E-state index < -0.39 is 0 Å². The number of nitrogens with one attached hydrogen (secondary N) is 1. The molecule has 9 heteroatoms. The number of thioether (sulfide) groups is 1. The summed E-state index contributed by atoms with van der Waals surface area (Å²) in [6.07, 6.45) is 1.80. The number of benzene rings is 3. The van der Waals surface area contributed by atoms with Crippen molar-refractivity contribution in [2.24, 2.45) is 0 Å². The molecule has 1 unspecified atom stereocenters. The van der Waals surface area contributed by atoms with Crippen LogP contribution in [0.2, 0.25) is 0 Å². The Morgan fingerprint density at radius 2 is 1.54 bits per heavy atom. The highest BCUT2D eigenvalue weighted by atomic mass is 32.2. The van der Waals surface area contributed by atoms with Crippen molar-refractivity contribution in [3.05, 3.63) is 76.7 Å². The molecule has 1 heterocycles. The lowest BCUT2D eigenvalue weighted by molar-refractivity contribution is -0.115. The van der Waals surface area contributed by atoms with Gasteiger partial charge in [-0.15, -0.1) is 0 Å². The Hall–Kier alpha value is -4.11. The summed E-state index contributed by atoms with van der Waals surface area (Å²) in [7, 11) is 6.19. The van der Waals surface area contributed by atoms with Crippen LogP contribution in [0.25, 0.3) is 6.08 Å². The molecule has 1 aliphatic rings. The highest BCUT2D eigenvalue weighted by Crippen LogP contribution is 2.51. The number of hydrogen-bond acceptors (Lipinski definition) is 7. The number of carbonyl (C=O) groups is 2. The van der Waals surface area contributed by atoms with Crippen molar-refractivity contribution in [3.8, 4) is 23.0 Å². The van der Waals surface area contributed by atoms with Crippen LogP contribution in [0.3, 0.4) is 0 Å². The maximum atomic E-state index is 13.9. The number of hydrogen-bond donors (Lipinski definition) is 1. The van der Waals surface area contributed by atoms with Crippen molar-refractivity contribution in [2.75, 3.05) is 38.7 Å². The van der Waals surface area contributed by atoms with Crippen LogP contribution in [0, 0.1) is 0 Å². The zero-order chi connectivity index (χ0) is 26.5. The van der Waals surface area contributed by atoms with Crippen LogP contribution in [0.5, 0.6) is 23.0 Å². The summed E-state index contributed by atoms with van der Waals surface area (Å²) in [6, 6.07) is 18.6. The molecule has 37 heavy (non-hydrogen) atoms. The fraction of sp³-hybridized carbons (Fsp3) is 0.214. The number of rotatable bonds is 8. The second-order valence-corrected chi connectivity index (χ2v) is 9.21. The first-order chi connectivity index (χ1) is 17.9. The van der Waals surface area contributed by atoms with Crippen molar-refractivity contribution in [1.29, 1.82) is 0 Å². The number of ether oxygens (including phenoxy) is 4. The molecule has 0 aliphatic carbocycles. The highest BCUT2D eigenvalue weighted by Gasteiger charge is 2.39. The maximum absolute atomic E-state index is 13.9. The quantitative estimate of drug-likeness (QED) is 0.393. The van der Waals surface area contributed by atoms with Gasteiger partial charge in [-0.25, -0.2) is 0 Å². The molecule has 4 rings (SSSR count). The smallest absolute Gasteiger partial charge is 0.266 e. The summed E-state index contributed by atoms with van der Waals surface area (Å²) in [5, 5.41) is 2.43. The lowest BCUT2D eigenvalue weighted by Crippen LogP contribution is -2.28. The molecular weight excluding hydrogens is 492 g/mol. The van der Waals surface area contributed by atoms with Gasteiger partial charge in [0.05, 0.1) is 39.0 Å². The van der Waals surface area contributed by atoms with Gasteiger partial charge in [0.1, 0.15) is 11.1 Å². The van der Waals surface area contributed by atoms with E-state index in [4.69, 9.17) is 18.9 Å². The predicted octanol–water partition coefficient (Wildman–Crippen LogP) is 5.50. The maximum Gasteiger partial charge on any atom is 0.266 e. The van der Waals surface area contributed by atoms with E-state index in [1.54, 1.807) is 69.7 Å². The average Bonchev–Trinajstić information content (AvgIpc) is 3.23. The lowest BCUT2D eigenvalue weighted by Gasteiger charge is -2.26. The Labute approximate surface area is 220 Å². The van der Waals surface area contributed by atoms with Crippen molar-refractivity contribution < 1.29 is 28.5 Å². The number of methoxy groups -OCH3 is 4. The molecule has 1 N–H and O–H groups in total. The van der Waals surface area contributed by atoms with Gasteiger partial charge < -0.3 is 24.3 Å². The molecule has 0 saturated carbocycles. The van der Waals surface area contributed by atoms with Gasteiger partial charge in [0.2, 0.25) is 11.7 Å². The van der Waals surface area contributed by atoms with Crippen LogP contribution in [0.15, 0.2) is 65.6 Å². The van der Waals surface area contributed by atoms with Crippen molar-refractivity contribution >= 4 is 41.0 Å². The van der Waals surface area contributed by atoms with Gasteiger partial charge in [0, 0.05) is 12.6 Å². The highest BCUT2D eigenvalue weighted by molar-refractivity contribution is 8.05. The van der Waals surface area contributed by atoms with E-state index >= 15 is 0 Å². The fourth-order valence-electron chi connectivity index (χ4n) is 4.11. The van der Waals surface area contributed by atoms with E-state index in [0.29, 0.717) is 39.3 Å². The van der Waals surface area contributed by atoms with Crippen LogP contribution in [0.1, 0.15) is 23.4 Å². The predicted molar refractivity (Wildman–Crippen MR) is 146 cm³/mol. The molecule has 1 aliphatic heterocycles. The van der Waals surface area contributed by atoms with Crippen molar-refractivity contribution in [1.82, 2.24) is 0 Å². The molecule has 0 spiro atoms. The molecule has 0 aromatic heterocycles. The van der Waals surface area contributed by atoms with Gasteiger partial charge in [-0.1, -0.05) is 42.1 Å². The second kappa shape index (κ2) is 11.3. The summed E-state index contributed by atoms with van der Waals surface area (Å²) < 4.78 is 22.0. The summed E-state index contributed by atoms with van der Waals surface area (Å²) in [4.78, 5) is 27.8. The van der Waals surface area contributed by atoms with Crippen LogP contribution in [0.4, 0.5) is 11.4 Å². The van der Waals surface area contributed by atoms with Gasteiger partial charge in [0.15, 0.2) is 11.5 Å². The molecule has 1 saturated heterocycles. The molecule has 3 aromatic carbocycles. The van der Waals surface area contributed by atoms with Crippen LogP contribution in [-0.4, -0.2) is 40.3 Å². The van der Waals surface area contributed by atoms with Gasteiger partial charge in [0.25, 0.3) is 5.91 Å². The van der Waals surface area contributed by atoms with E-state index in [2.05, 4.69) is 5.32 Å². The standard InChI is InChI=1S/C28H28N2O6S/c1-17(31)29-20-11-12-22(33-2)21(16-20)30-27(32)25(37-28(30)19-9-7-6-8-10-19)15-18-13-23(34-3)26(36-5)24(14-18)35-4/h6-16,28H,1-5H3,(H,29,31)/b25-15+. The first-order valence-corrected chi connectivity index (χ1v) is 12.3. The molecular formula is C28H28N2O6S. The molecule has 192 valence electrons. The SMILES string of the molecule is COc1ccc(NC(C)=O)cc1N1C(=O)/C(=C\c2cc(OC)c(OC)c(OC)c2)SC1c1ccccc1. The Bertz CT molecular complexity index is 1320. The Balaban J connectivity index is 1.84. The van der Waals surface area contributed by atoms with Gasteiger partial charge >= 0.3 is 0 Å². The van der Waals surface area contributed by atoms with Crippen LogP contribution in [-0.2, 0) is 9.59 Å². The second-order valence-electron chi connectivity index (χ2n) is 8.09. The zero-order valence-electron chi connectivity index (χ0n) is 21.2. The number of anilines is 2. The number of nitrogens with zero attached hydrogens (tertiary/aromatic N) is 1. The minimum absolute atomic E-state index is 0.203.